The Morgan fingerprint density at radius 3 is 2.55 bits per heavy atom. The zero-order valence-electron chi connectivity index (χ0n) is 6.47. The predicted octanol–water partition coefficient (Wildman–Crippen LogP) is 0.804. The van der Waals surface area contributed by atoms with Gasteiger partial charge in [-0.05, 0) is 13.8 Å². The van der Waals surface area contributed by atoms with Crippen LogP contribution >= 0.6 is 0 Å². The van der Waals surface area contributed by atoms with Gasteiger partial charge in [0.15, 0.2) is 11.7 Å². The van der Waals surface area contributed by atoms with Crippen molar-refractivity contribution in [3.63, 3.8) is 0 Å². The molecule has 0 saturated carbocycles. The number of nitrogens with one attached hydrogen (secondary N) is 1. The van der Waals surface area contributed by atoms with E-state index in [1.54, 1.807) is 20.0 Å². The lowest BCUT2D eigenvalue weighted by Crippen LogP contribution is -2.13. The molecule has 0 atom stereocenters. The largest absolute Gasteiger partial charge is 0.364 e. The Hall–Kier alpha value is -1.38. The standard InChI is InChI=1S/C8H9NO2/c1-5-3-9-6(2)7(4-10)8(5)11/h3-4H,1-2H3,(H,9,11). The number of carbonyl (C=O) groups is 1. The molecular weight excluding hydrogens is 142 g/mol. The van der Waals surface area contributed by atoms with Gasteiger partial charge in [-0.2, -0.15) is 0 Å². The molecule has 3 heteroatoms. The molecule has 0 saturated heterocycles. The molecule has 3 nitrogen and oxygen atoms in total. The summed E-state index contributed by atoms with van der Waals surface area (Å²) in [7, 11) is 0. The van der Waals surface area contributed by atoms with Crippen molar-refractivity contribution in [1.29, 1.82) is 0 Å². The maximum absolute atomic E-state index is 11.2. The zero-order chi connectivity index (χ0) is 8.43. The lowest BCUT2D eigenvalue weighted by Gasteiger charge is -1.97. The number of H-pyrrole nitrogens is 1. The maximum Gasteiger partial charge on any atom is 0.195 e. The summed E-state index contributed by atoms with van der Waals surface area (Å²) in [6, 6.07) is 0. The van der Waals surface area contributed by atoms with Crippen molar-refractivity contribution >= 4 is 6.29 Å². The first kappa shape index (κ1) is 7.72. The number of carbonyl (C=O) groups excluding carboxylic acids is 1. The third kappa shape index (κ3) is 1.22. The molecule has 1 aromatic rings. The van der Waals surface area contributed by atoms with Crippen LogP contribution in [0.15, 0.2) is 11.0 Å². The van der Waals surface area contributed by atoms with Gasteiger partial charge in [-0.1, -0.05) is 0 Å². The highest BCUT2D eigenvalue weighted by Crippen LogP contribution is 1.95. The summed E-state index contributed by atoms with van der Waals surface area (Å²) in [6.45, 7) is 3.37. The van der Waals surface area contributed by atoms with E-state index in [-0.39, 0.29) is 11.0 Å². The lowest BCUT2D eigenvalue weighted by atomic mass is 10.1. The fraction of sp³-hybridized carbons (Fsp3) is 0.250. The van der Waals surface area contributed by atoms with Crippen LogP contribution in [0, 0.1) is 13.8 Å². The van der Waals surface area contributed by atoms with Crippen molar-refractivity contribution < 1.29 is 4.79 Å². The molecule has 58 valence electrons. The Bertz CT molecular complexity index is 338. The highest BCUT2D eigenvalue weighted by atomic mass is 16.1. The van der Waals surface area contributed by atoms with Gasteiger partial charge in [0.2, 0.25) is 0 Å². The topological polar surface area (TPSA) is 49.9 Å². The van der Waals surface area contributed by atoms with Gasteiger partial charge in [0.1, 0.15) is 0 Å². The second kappa shape index (κ2) is 2.70. The molecular formula is C8H9NO2. The van der Waals surface area contributed by atoms with Crippen LogP contribution in [-0.4, -0.2) is 11.3 Å². The van der Waals surface area contributed by atoms with Gasteiger partial charge in [0.25, 0.3) is 0 Å². The van der Waals surface area contributed by atoms with Gasteiger partial charge in [-0.3, -0.25) is 9.59 Å². The minimum atomic E-state index is -0.184. The number of hydrogen-bond acceptors (Lipinski definition) is 2. The Labute approximate surface area is 64.1 Å². The van der Waals surface area contributed by atoms with E-state index in [9.17, 15) is 9.59 Å². The Morgan fingerprint density at radius 2 is 2.09 bits per heavy atom. The lowest BCUT2D eigenvalue weighted by molar-refractivity contribution is 0.112. The molecule has 0 unspecified atom stereocenters. The molecule has 0 aliphatic carbocycles. The molecule has 0 aromatic carbocycles. The number of aryl methyl sites for hydroxylation is 2. The normalized spacial score (nSPS) is 9.64. The molecule has 1 heterocycles. The number of aldehydes is 1. The van der Waals surface area contributed by atoms with Gasteiger partial charge >= 0.3 is 0 Å². The average molecular weight is 151 g/mol. The van der Waals surface area contributed by atoms with Gasteiger partial charge in [0.05, 0.1) is 5.56 Å². The van der Waals surface area contributed by atoms with E-state index in [0.717, 1.165) is 0 Å². The van der Waals surface area contributed by atoms with Crippen molar-refractivity contribution in [2.24, 2.45) is 0 Å². The van der Waals surface area contributed by atoms with Crippen LogP contribution in [0.4, 0.5) is 0 Å². The third-order valence-corrected chi connectivity index (χ3v) is 1.63. The fourth-order valence-electron chi connectivity index (χ4n) is 0.884. The molecule has 0 amide bonds. The van der Waals surface area contributed by atoms with Gasteiger partial charge in [-0.25, -0.2) is 0 Å². The van der Waals surface area contributed by atoms with Gasteiger partial charge in [-0.15, -0.1) is 0 Å². The van der Waals surface area contributed by atoms with Crippen LogP contribution < -0.4 is 5.43 Å². The first-order chi connectivity index (χ1) is 5.16. The molecule has 0 aliphatic heterocycles. The van der Waals surface area contributed by atoms with E-state index in [1.807, 2.05) is 0 Å². The number of rotatable bonds is 1. The van der Waals surface area contributed by atoms with Crippen molar-refractivity contribution in [3.8, 4) is 0 Å². The van der Waals surface area contributed by atoms with Gasteiger partial charge < -0.3 is 4.98 Å². The van der Waals surface area contributed by atoms with Crippen molar-refractivity contribution in [2.75, 3.05) is 0 Å². The van der Waals surface area contributed by atoms with Gasteiger partial charge in [0, 0.05) is 17.5 Å². The summed E-state index contributed by atoms with van der Waals surface area (Å²) >= 11 is 0. The van der Waals surface area contributed by atoms with Crippen LogP contribution in [0.1, 0.15) is 21.6 Å². The molecule has 0 bridgehead atoms. The molecule has 0 radical (unpaired) electrons. The van der Waals surface area contributed by atoms with Crippen molar-refractivity contribution in [1.82, 2.24) is 4.98 Å². The minimum Gasteiger partial charge on any atom is -0.364 e. The first-order valence-corrected chi connectivity index (χ1v) is 3.31. The molecule has 1 aromatic heterocycles. The van der Waals surface area contributed by atoms with E-state index in [1.165, 1.54) is 0 Å². The van der Waals surface area contributed by atoms with Crippen LogP contribution in [0.25, 0.3) is 0 Å². The van der Waals surface area contributed by atoms with E-state index in [2.05, 4.69) is 4.98 Å². The highest BCUT2D eigenvalue weighted by molar-refractivity contribution is 5.76. The summed E-state index contributed by atoms with van der Waals surface area (Å²) in [5, 5.41) is 0. The van der Waals surface area contributed by atoms with E-state index in [4.69, 9.17) is 0 Å². The summed E-state index contributed by atoms with van der Waals surface area (Å²) in [5.41, 5.74) is 1.23. The van der Waals surface area contributed by atoms with Crippen molar-refractivity contribution in [2.45, 2.75) is 13.8 Å². The molecule has 11 heavy (non-hydrogen) atoms. The molecule has 1 N–H and O–H groups in total. The summed E-state index contributed by atoms with van der Waals surface area (Å²) in [6.07, 6.45) is 2.19. The SMILES string of the molecule is Cc1[nH]cc(C)c(=O)c1C=O. The predicted molar refractivity (Wildman–Crippen MR) is 41.9 cm³/mol. The molecule has 0 aliphatic rings. The third-order valence-electron chi connectivity index (χ3n) is 1.63. The van der Waals surface area contributed by atoms with Crippen LogP contribution in [0.5, 0.6) is 0 Å². The maximum atomic E-state index is 11.2. The number of pyridine rings is 1. The zero-order valence-corrected chi connectivity index (χ0v) is 6.47. The highest BCUT2D eigenvalue weighted by Gasteiger charge is 2.03. The summed E-state index contributed by atoms with van der Waals surface area (Å²) in [5.74, 6) is 0. The first-order valence-electron chi connectivity index (χ1n) is 3.31. The molecule has 1 rings (SSSR count). The number of aromatic nitrogens is 1. The van der Waals surface area contributed by atoms with E-state index in [0.29, 0.717) is 17.5 Å². The Kier molecular flexibility index (Phi) is 1.89. The van der Waals surface area contributed by atoms with Crippen LogP contribution in [0.2, 0.25) is 0 Å². The quantitative estimate of drug-likeness (QED) is 0.603. The number of aromatic amines is 1. The van der Waals surface area contributed by atoms with Crippen LogP contribution in [0.3, 0.4) is 0 Å². The Balaban J connectivity index is 3.54. The average Bonchev–Trinajstić information content (AvgIpc) is 1.99. The van der Waals surface area contributed by atoms with Crippen molar-refractivity contribution in [3.05, 3.63) is 33.2 Å². The smallest absolute Gasteiger partial charge is 0.195 e. The molecule has 0 spiro atoms. The van der Waals surface area contributed by atoms with Crippen LogP contribution in [-0.2, 0) is 0 Å². The van der Waals surface area contributed by atoms with E-state index >= 15 is 0 Å². The van der Waals surface area contributed by atoms with E-state index < -0.39 is 0 Å². The minimum absolute atomic E-state index is 0.184. The molecule has 0 fully saturated rings. The monoisotopic (exact) mass is 151 g/mol. The second-order valence-corrected chi connectivity index (χ2v) is 2.46. The Morgan fingerprint density at radius 1 is 1.45 bits per heavy atom. The summed E-state index contributed by atoms with van der Waals surface area (Å²) < 4.78 is 0. The summed E-state index contributed by atoms with van der Waals surface area (Å²) in [4.78, 5) is 24.4. The second-order valence-electron chi connectivity index (χ2n) is 2.46. The number of hydrogen-bond donors (Lipinski definition) is 1. The fourth-order valence-corrected chi connectivity index (χ4v) is 0.884.